The maximum atomic E-state index is 12.8. The summed E-state index contributed by atoms with van der Waals surface area (Å²) in [6.07, 6.45) is 9.37. The van der Waals surface area contributed by atoms with Crippen LogP contribution in [0.15, 0.2) is 49.1 Å². The first-order valence-corrected chi connectivity index (χ1v) is 9.71. The van der Waals surface area contributed by atoms with Crippen LogP contribution in [-0.2, 0) is 22.4 Å². The Labute approximate surface area is 201 Å². The van der Waals surface area contributed by atoms with Gasteiger partial charge in [-0.3, -0.25) is 19.6 Å². The molecule has 1 aliphatic rings. The van der Waals surface area contributed by atoms with Crippen LogP contribution in [-0.4, -0.2) is 48.0 Å². The Balaban J connectivity index is 0.00000300. The molecular weight excluding hydrogens is 461 g/mol. The van der Waals surface area contributed by atoms with Gasteiger partial charge in [0.15, 0.2) is 0 Å². The molecule has 2 amide bonds. The van der Waals surface area contributed by atoms with E-state index in [1.54, 1.807) is 24.8 Å². The summed E-state index contributed by atoms with van der Waals surface area (Å²) in [5.74, 6) is -0.140. The summed E-state index contributed by atoms with van der Waals surface area (Å²) in [5.41, 5.74) is 1.48. The van der Waals surface area contributed by atoms with Gasteiger partial charge >= 0.3 is 0 Å². The normalized spacial score (nSPS) is 16.8. The minimum Gasteiger partial charge on any atom is -0.356 e. The molecule has 2 aromatic rings. The van der Waals surface area contributed by atoms with E-state index in [1.165, 1.54) is 0 Å². The van der Waals surface area contributed by atoms with Gasteiger partial charge in [-0.2, -0.15) is 0 Å². The standard InChI is InChI=1S/C21H27N5O2.3ClH/c27-19(25-10-5-17-3-1-8-22-14-17)13-21(7-12-24-16-21)20(28)26-11-6-18-4-2-9-23-15-18;;;/h1-4,8-9,14-15,24H,5-7,10-13,16H2,(H,25,27)(H,26,28);3*1H. The van der Waals surface area contributed by atoms with Crippen molar-refractivity contribution < 1.29 is 9.59 Å². The van der Waals surface area contributed by atoms with E-state index in [9.17, 15) is 9.59 Å². The van der Waals surface area contributed by atoms with Crippen LogP contribution in [0.5, 0.6) is 0 Å². The van der Waals surface area contributed by atoms with Crippen molar-refractivity contribution in [2.45, 2.75) is 25.7 Å². The molecule has 31 heavy (non-hydrogen) atoms. The van der Waals surface area contributed by atoms with Crippen molar-refractivity contribution in [1.82, 2.24) is 25.9 Å². The smallest absolute Gasteiger partial charge is 0.228 e. The Morgan fingerprint density at radius 3 is 2.00 bits per heavy atom. The van der Waals surface area contributed by atoms with Gasteiger partial charge in [0, 0.05) is 50.8 Å². The van der Waals surface area contributed by atoms with E-state index in [2.05, 4.69) is 25.9 Å². The molecule has 3 rings (SSSR count). The molecule has 2 aromatic heterocycles. The van der Waals surface area contributed by atoms with Crippen molar-refractivity contribution in [3.63, 3.8) is 0 Å². The average Bonchev–Trinajstić information content (AvgIpc) is 3.19. The van der Waals surface area contributed by atoms with E-state index in [0.29, 0.717) is 26.1 Å². The van der Waals surface area contributed by atoms with Gasteiger partial charge in [-0.05, 0) is 49.1 Å². The van der Waals surface area contributed by atoms with Crippen molar-refractivity contribution >= 4 is 49.0 Å². The highest BCUT2D eigenvalue weighted by Crippen LogP contribution is 2.30. The third-order valence-corrected chi connectivity index (χ3v) is 5.10. The Morgan fingerprint density at radius 2 is 1.52 bits per heavy atom. The first-order chi connectivity index (χ1) is 13.7. The molecule has 7 nitrogen and oxygen atoms in total. The summed E-state index contributed by atoms with van der Waals surface area (Å²) in [6.45, 7) is 2.35. The second-order valence-electron chi connectivity index (χ2n) is 7.21. The van der Waals surface area contributed by atoms with Crippen LogP contribution in [0.2, 0.25) is 0 Å². The number of hydrogen-bond acceptors (Lipinski definition) is 5. The van der Waals surface area contributed by atoms with E-state index in [4.69, 9.17) is 0 Å². The van der Waals surface area contributed by atoms with Crippen molar-refractivity contribution in [3.8, 4) is 0 Å². The zero-order valence-corrected chi connectivity index (χ0v) is 19.7. The lowest BCUT2D eigenvalue weighted by Gasteiger charge is -2.26. The molecule has 0 aliphatic carbocycles. The summed E-state index contributed by atoms with van der Waals surface area (Å²) < 4.78 is 0. The summed E-state index contributed by atoms with van der Waals surface area (Å²) in [7, 11) is 0. The fourth-order valence-corrected chi connectivity index (χ4v) is 3.48. The van der Waals surface area contributed by atoms with Crippen LogP contribution in [0.25, 0.3) is 0 Å². The predicted octanol–water partition coefficient (Wildman–Crippen LogP) is 2.13. The molecule has 0 spiro atoms. The zero-order valence-electron chi connectivity index (χ0n) is 17.2. The molecule has 1 aliphatic heterocycles. The highest BCUT2D eigenvalue weighted by atomic mass is 35.5. The third kappa shape index (κ3) is 8.99. The molecule has 3 heterocycles. The highest BCUT2D eigenvalue weighted by Gasteiger charge is 2.42. The van der Waals surface area contributed by atoms with E-state index in [0.717, 1.165) is 30.5 Å². The minimum atomic E-state index is -0.673. The van der Waals surface area contributed by atoms with Crippen LogP contribution < -0.4 is 16.0 Å². The second kappa shape index (κ2) is 15.0. The second-order valence-corrected chi connectivity index (χ2v) is 7.21. The Morgan fingerprint density at radius 1 is 0.935 bits per heavy atom. The molecule has 0 bridgehead atoms. The summed E-state index contributed by atoms with van der Waals surface area (Å²) >= 11 is 0. The molecule has 0 aromatic carbocycles. The van der Waals surface area contributed by atoms with Gasteiger partial charge in [-0.25, -0.2) is 0 Å². The Bertz CT molecular complexity index is 775. The number of carbonyl (C=O) groups is 2. The van der Waals surface area contributed by atoms with Crippen LogP contribution in [0, 0.1) is 5.41 Å². The van der Waals surface area contributed by atoms with Gasteiger partial charge in [-0.1, -0.05) is 12.1 Å². The molecule has 172 valence electrons. The molecule has 1 atom stereocenters. The Hall–Kier alpha value is -1.93. The largest absolute Gasteiger partial charge is 0.356 e. The van der Waals surface area contributed by atoms with Crippen LogP contribution in [0.3, 0.4) is 0 Å². The first kappa shape index (κ1) is 29.1. The lowest BCUT2D eigenvalue weighted by Crippen LogP contribution is -2.46. The van der Waals surface area contributed by atoms with Crippen molar-refractivity contribution in [1.29, 1.82) is 0 Å². The molecule has 1 unspecified atom stereocenters. The molecule has 1 saturated heterocycles. The maximum Gasteiger partial charge on any atom is 0.228 e. The lowest BCUT2D eigenvalue weighted by molar-refractivity contribution is -0.135. The van der Waals surface area contributed by atoms with Crippen LogP contribution >= 0.6 is 37.2 Å². The molecule has 3 N–H and O–H groups in total. The summed E-state index contributed by atoms with van der Waals surface area (Å²) in [4.78, 5) is 33.4. The van der Waals surface area contributed by atoms with Gasteiger partial charge < -0.3 is 16.0 Å². The molecule has 0 saturated carbocycles. The van der Waals surface area contributed by atoms with E-state index >= 15 is 0 Å². The molecule has 1 fully saturated rings. The van der Waals surface area contributed by atoms with Gasteiger partial charge in [0.25, 0.3) is 0 Å². The number of pyridine rings is 2. The Kier molecular flexibility index (Phi) is 14.0. The summed E-state index contributed by atoms with van der Waals surface area (Å²) in [6, 6.07) is 7.74. The number of hydrogen-bond donors (Lipinski definition) is 3. The number of rotatable bonds is 9. The fraction of sp³-hybridized carbons (Fsp3) is 0.429. The summed E-state index contributed by atoms with van der Waals surface area (Å²) in [5, 5.41) is 9.17. The molecular formula is C21H30Cl3N5O2. The van der Waals surface area contributed by atoms with Gasteiger partial charge in [0.1, 0.15) is 0 Å². The lowest BCUT2D eigenvalue weighted by atomic mass is 9.82. The highest BCUT2D eigenvalue weighted by molar-refractivity contribution is 5.89. The quantitative estimate of drug-likeness (QED) is 0.500. The zero-order chi connectivity index (χ0) is 19.7. The van der Waals surface area contributed by atoms with Gasteiger partial charge in [0.05, 0.1) is 5.41 Å². The third-order valence-electron chi connectivity index (χ3n) is 5.10. The van der Waals surface area contributed by atoms with E-state index in [-0.39, 0.29) is 55.5 Å². The van der Waals surface area contributed by atoms with E-state index < -0.39 is 5.41 Å². The number of nitrogens with zero attached hydrogens (tertiary/aromatic N) is 2. The van der Waals surface area contributed by atoms with Crippen molar-refractivity contribution in [2.75, 3.05) is 26.2 Å². The van der Waals surface area contributed by atoms with E-state index in [1.807, 2.05) is 24.3 Å². The first-order valence-electron chi connectivity index (χ1n) is 9.71. The molecule has 10 heteroatoms. The number of nitrogens with one attached hydrogen (secondary N) is 3. The predicted molar refractivity (Wildman–Crippen MR) is 128 cm³/mol. The van der Waals surface area contributed by atoms with Crippen molar-refractivity contribution in [3.05, 3.63) is 60.2 Å². The minimum absolute atomic E-state index is 0. The molecule has 0 radical (unpaired) electrons. The number of aromatic nitrogens is 2. The SMILES string of the molecule is Cl.Cl.Cl.O=C(CC1(C(=O)NCCc2cccnc2)CCNC1)NCCc1cccnc1. The fourth-order valence-electron chi connectivity index (χ4n) is 3.48. The number of carbonyl (C=O) groups excluding carboxylic acids is 2. The topological polar surface area (TPSA) is 96.0 Å². The van der Waals surface area contributed by atoms with Crippen molar-refractivity contribution in [2.24, 2.45) is 5.41 Å². The van der Waals surface area contributed by atoms with Crippen LogP contribution in [0.1, 0.15) is 24.0 Å². The monoisotopic (exact) mass is 489 g/mol. The number of halogens is 3. The van der Waals surface area contributed by atoms with Gasteiger partial charge in [0.2, 0.25) is 11.8 Å². The van der Waals surface area contributed by atoms with Crippen LogP contribution in [0.4, 0.5) is 0 Å². The van der Waals surface area contributed by atoms with Gasteiger partial charge in [-0.15, -0.1) is 37.2 Å². The maximum absolute atomic E-state index is 12.8. The number of amides is 2. The average molecular weight is 491 g/mol.